The van der Waals surface area contributed by atoms with Crippen LogP contribution in [0.25, 0.3) is 0 Å². The summed E-state index contributed by atoms with van der Waals surface area (Å²) in [6, 6.07) is 32.6. The Bertz CT molecular complexity index is 813. The van der Waals surface area contributed by atoms with Gasteiger partial charge in [0.2, 0.25) is 0 Å². The molecule has 2 atom stereocenters. The van der Waals surface area contributed by atoms with Crippen molar-refractivity contribution in [2.24, 2.45) is 5.92 Å². The zero-order valence-corrected chi connectivity index (χ0v) is 20.3. The van der Waals surface area contributed by atoms with Crippen LogP contribution in [0.15, 0.2) is 91.0 Å². The molecule has 0 aromatic heterocycles. The first-order valence-corrected chi connectivity index (χ1v) is 12.7. The summed E-state index contributed by atoms with van der Waals surface area (Å²) in [6.45, 7) is 2.29. The molecule has 2 unspecified atom stereocenters. The highest BCUT2D eigenvalue weighted by molar-refractivity contribution is 5.47. The molecule has 176 valence electrons. The first-order valence-electron chi connectivity index (χ1n) is 12.7. The molecule has 33 heavy (non-hydrogen) atoms. The summed E-state index contributed by atoms with van der Waals surface area (Å²) >= 11 is 0. The van der Waals surface area contributed by atoms with Gasteiger partial charge >= 0.3 is 0 Å². The molecule has 2 heteroatoms. The molecule has 1 aliphatic carbocycles. The van der Waals surface area contributed by atoms with Crippen LogP contribution in [0.4, 0.5) is 0 Å². The lowest BCUT2D eigenvalue weighted by atomic mass is 9.78. The molecule has 0 saturated heterocycles. The van der Waals surface area contributed by atoms with Crippen LogP contribution < -0.4 is 6.15 Å². The van der Waals surface area contributed by atoms with E-state index in [9.17, 15) is 0 Å². The van der Waals surface area contributed by atoms with Crippen molar-refractivity contribution in [3.63, 3.8) is 0 Å². The molecule has 3 aromatic carbocycles. The lowest BCUT2D eigenvalue weighted by Crippen LogP contribution is -2.40. The van der Waals surface area contributed by atoms with Crippen LogP contribution in [-0.4, -0.2) is 6.10 Å². The molecule has 1 aliphatic rings. The maximum absolute atomic E-state index is 7.41. The minimum absolute atomic E-state index is 0. The van der Waals surface area contributed by atoms with Crippen molar-refractivity contribution in [3.8, 4) is 0 Å². The first-order chi connectivity index (χ1) is 15.8. The lowest BCUT2D eigenvalue weighted by Gasteiger charge is -2.43. The topological polar surface area (TPSA) is 44.2 Å². The molecule has 0 heterocycles. The van der Waals surface area contributed by atoms with Gasteiger partial charge < -0.3 is 10.9 Å². The van der Waals surface area contributed by atoms with Gasteiger partial charge in [-0.05, 0) is 41.9 Å². The molecule has 0 bridgehead atoms. The lowest BCUT2D eigenvalue weighted by molar-refractivity contribution is -0.0908. The highest BCUT2D eigenvalue weighted by atomic mass is 16.5. The van der Waals surface area contributed by atoms with E-state index in [1.54, 1.807) is 0 Å². The Hall–Kier alpha value is -2.42. The fourth-order valence-corrected chi connectivity index (χ4v) is 5.44. The van der Waals surface area contributed by atoms with Crippen molar-refractivity contribution >= 4 is 0 Å². The summed E-state index contributed by atoms with van der Waals surface area (Å²) < 4.78 is 7.41. The zero-order valence-electron chi connectivity index (χ0n) is 20.3. The maximum Gasteiger partial charge on any atom is 0.144 e. The SMILES string of the molecule is CCCCCCC1CCCCC1OC(c1ccccc1)(c1ccccc1)c1ccccc1.N. The highest BCUT2D eigenvalue weighted by Gasteiger charge is 2.41. The fourth-order valence-electron chi connectivity index (χ4n) is 5.44. The van der Waals surface area contributed by atoms with E-state index >= 15 is 0 Å². The van der Waals surface area contributed by atoms with Gasteiger partial charge in [-0.3, -0.25) is 0 Å². The van der Waals surface area contributed by atoms with E-state index in [-0.39, 0.29) is 12.3 Å². The minimum Gasteiger partial charge on any atom is -0.357 e. The average molecular weight is 444 g/mol. The monoisotopic (exact) mass is 443 g/mol. The Labute approximate surface area is 201 Å². The summed E-state index contributed by atoms with van der Waals surface area (Å²) in [5.74, 6) is 0.649. The van der Waals surface area contributed by atoms with E-state index in [2.05, 4.69) is 97.9 Å². The van der Waals surface area contributed by atoms with Crippen molar-refractivity contribution in [1.29, 1.82) is 0 Å². The van der Waals surface area contributed by atoms with Gasteiger partial charge in [0.25, 0.3) is 0 Å². The van der Waals surface area contributed by atoms with E-state index < -0.39 is 5.60 Å². The molecule has 0 radical (unpaired) electrons. The quantitative estimate of drug-likeness (QED) is 0.251. The third-order valence-corrected chi connectivity index (χ3v) is 7.14. The van der Waals surface area contributed by atoms with E-state index in [1.807, 2.05) is 0 Å². The van der Waals surface area contributed by atoms with E-state index in [1.165, 1.54) is 68.1 Å². The number of hydrogen-bond donors (Lipinski definition) is 1. The fraction of sp³-hybridized carbons (Fsp3) is 0.419. The van der Waals surface area contributed by atoms with Crippen molar-refractivity contribution in [2.75, 3.05) is 0 Å². The van der Waals surface area contributed by atoms with E-state index in [0.717, 1.165) is 6.42 Å². The molecule has 0 amide bonds. The largest absolute Gasteiger partial charge is 0.357 e. The van der Waals surface area contributed by atoms with Gasteiger partial charge in [0.1, 0.15) is 5.60 Å². The Kier molecular flexibility index (Phi) is 9.72. The smallest absolute Gasteiger partial charge is 0.144 e. The molecule has 3 aromatic rings. The molecule has 1 saturated carbocycles. The van der Waals surface area contributed by atoms with Gasteiger partial charge in [-0.2, -0.15) is 0 Å². The normalized spacial score (nSPS) is 18.5. The number of hydrogen-bond acceptors (Lipinski definition) is 2. The van der Waals surface area contributed by atoms with Crippen LogP contribution in [0, 0.1) is 5.92 Å². The third-order valence-electron chi connectivity index (χ3n) is 7.14. The number of unbranched alkanes of at least 4 members (excludes halogenated alkanes) is 3. The summed E-state index contributed by atoms with van der Waals surface area (Å²) in [7, 11) is 0. The van der Waals surface area contributed by atoms with E-state index in [0.29, 0.717) is 5.92 Å². The van der Waals surface area contributed by atoms with Gasteiger partial charge in [-0.25, -0.2) is 0 Å². The molecule has 4 rings (SSSR count). The number of rotatable bonds is 10. The molecule has 1 fully saturated rings. The van der Waals surface area contributed by atoms with Gasteiger partial charge in [-0.15, -0.1) is 0 Å². The third kappa shape index (κ3) is 5.93. The molecular formula is C31H41NO. The summed E-state index contributed by atoms with van der Waals surface area (Å²) in [4.78, 5) is 0. The van der Waals surface area contributed by atoms with Gasteiger partial charge in [0, 0.05) is 0 Å². The number of benzene rings is 3. The highest BCUT2D eigenvalue weighted by Crippen LogP contribution is 2.44. The molecule has 3 N–H and O–H groups in total. The summed E-state index contributed by atoms with van der Waals surface area (Å²) in [5.41, 5.74) is 3.06. The van der Waals surface area contributed by atoms with Crippen LogP contribution in [0.2, 0.25) is 0 Å². The van der Waals surface area contributed by atoms with Gasteiger partial charge in [-0.1, -0.05) is 136 Å². The second-order valence-electron chi connectivity index (χ2n) is 9.33. The second kappa shape index (κ2) is 12.7. The minimum atomic E-state index is -0.590. The Balaban J connectivity index is 0.00000306. The Morgan fingerprint density at radius 1 is 0.667 bits per heavy atom. The maximum atomic E-state index is 7.41. The molecule has 0 spiro atoms. The van der Waals surface area contributed by atoms with Crippen LogP contribution >= 0.6 is 0 Å². The van der Waals surface area contributed by atoms with Crippen LogP contribution in [0.3, 0.4) is 0 Å². The van der Waals surface area contributed by atoms with Crippen LogP contribution in [0.5, 0.6) is 0 Å². The molecule has 2 nitrogen and oxygen atoms in total. The van der Waals surface area contributed by atoms with E-state index in [4.69, 9.17) is 4.74 Å². The van der Waals surface area contributed by atoms with Crippen molar-refractivity contribution in [2.45, 2.75) is 76.4 Å². The van der Waals surface area contributed by atoms with Gasteiger partial charge in [0.15, 0.2) is 0 Å². The standard InChI is InChI=1S/C31H38O.H3N/c1-2-3-4-8-17-26-18-15-16-25-30(26)32-31(27-19-9-5-10-20-27,28-21-11-6-12-22-28)29-23-13-7-14-24-29;/h5-7,9-14,19-24,26,30H,2-4,8,15-18,25H2,1H3;1H3. The summed E-state index contributed by atoms with van der Waals surface area (Å²) in [6.07, 6.45) is 12.0. The van der Waals surface area contributed by atoms with Crippen LogP contribution in [-0.2, 0) is 10.3 Å². The molecular weight excluding hydrogens is 402 g/mol. The van der Waals surface area contributed by atoms with Crippen LogP contribution in [0.1, 0.15) is 81.4 Å². The van der Waals surface area contributed by atoms with Crippen molar-refractivity contribution < 1.29 is 4.74 Å². The Morgan fingerprint density at radius 2 is 1.15 bits per heavy atom. The first kappa shape index (κ1) is 25.2. The second-order valence-corrected chi connectivity index (χ2v) is 9.33. The zero-order chi connectivity index (χ0) is 22.1. The number of ether oxygens (including phenoxy) is 1. The summed E-state index contributed by atoms with van der Waals surface area (Å²) in [5, 5.41) is 0. The average Bonchev–Trinajstić information content (AvgIpc) is 2.87. The van der Waals surface area contributed by atoms with Crippen molar-refractivity contribution in [1.82, 2.24) is 6.15 Å². The van der Waals surface area contributed by atoms with Crippen molar-refractivity contribution in [3.05, 3.63) is 108 Å². The Morgan fingerprint density at radius 3 is 1.64 bits per heavy atom. The molecule has 0 aliphatic heterocycles. The predicted octanol–water partition coefficient (Wildman–Crippen LogP) is 8.69. The predicted molar refractivity (Wildman–Crippen MR) is 140 cm³/mol. The van der Waals surface area contributed by atoms with Gasteiger partial charge in [0.05, 0.1) is 6.10 Å².